The molecule has 0 saturated carbocycles. The summed E-state index contributed by atoms with van der Waals surface area (Å²) in [4.78, 5) is 16.0. The van der Waals surface area contributed by atoms with Crippen molar-refractivity contribution in [2.75, 3.05) is 4.90 Å². The van der Waals surface area contributed by atoms with Gasteiger partial charge in [-0.3, -0.25) is 4.98 Å². The Balaban J connectivity index is 0.00000289. The first-order valence-corrected chi connectivity index (χ1v) is 13.9. The summed E-state index contributed by atoms with van der Waals surface area (Å²) in [5.41, 5.74) is 6.76. The molecule has 8 aromatic rings. The normalized spacial score (nSPS) is 12.0. The molecule has 5 heterocycles. The van der Waals surface area contributed by atoms with Crippen molar-refractivity contribution in [3.8, 4) is 28.7 Å². The van der Waals surface area contributed by atoms with E-state index in [4.69, 9.17) is 9.72 Å². The number of benzene rings is 4. The summed E-state index contributed by atoms with van der Waals surface area (Å²) >= 11 is 0. The number of nitrogens with zero attached hydrogens (tertiary/aromatic N) is 6. The first-order chi connectivity index (χ1) is 21.3. The summed E-state index contributed by atoms with van der Waals surface area (Å²) in [5, 5.41) is 2.13. The molecule has 0 bridgehead atoms. The van der Waals surface area contributed by atoms with Gasteiger partial charge in [0.1, 0.15) is 5.82 Å². The van der Waals surface area contributed by atoms with Crippen molar-refractivity contribution < 1.29 is 25.8 Å². The van der Waals surface area contributed by atoms with Crippen LogP contribution in [0.15, 0.2) is 122 Å². The second-order valence-corrected chi connectivity index (χ2v) is 10.3. The largest absolute Gasteiger partial charge is 0.509 e. The second-order valence-electron chi connectivity index (χ2n) is 10.3. The van der Waals surface area contributed by atoms with Gasteiger partial charge in [-0.15, -0.1) is 35.7 Å². The minimum Gasteiger partial charge on any atom is -0.509 e. The molecule has 4 aromatic carbocycles. The molecule has 0 fully saturated rings. The molecule has 0 spiro atoms. The predicted molar refractivity (Wildman–Crippen MR) is 168 cm³/mol. The van der Waals surface area contributed by atoms with Gasteiger partial charge in [-0.1, -0.05) is 53.7 Å². The predicted octanol–water partition coefficient (Wildman–Crippen LogP) is 8.10. The molecule has 4 aromatic heterocycles. The van der Waals surface area contributed by atoms with Gasteiger partial charge in [-0.05, 0) is 53.5 Å². The topological polar surface area (TPSA) is 61.0 Å². The Kier molecular flexibility index (Phi) is 6.21. The van der Waals surface area contributed by atoms with Crippen LogP contribution in [0.3, 0.4) is 0 Å². The van der Waals surface area contributed by atoms with Crippen LogP contribution in [-0.4, -0.2) is 24.1 Å². The summed E-state index contributed by atoms with van der Waals surface area (Å²) in [6.07, 6.45) is 5.45. The Hall–Kier alpha value is -5.39. The van der Waals surface area contributed by atoms with Crippen molar-refractivity contribution >= 4 is 44.2 Å². The van der Waals surface area contributed by atoms with Gasteiger partial charge in [-0.2, -0.15) is 12.1 Å². The van der Waals surface area contributed by atoms with Crippen molar-refractivity contribution in [1.82, 2.24) is 24.1 Å². The van der Waals surface area contributed by atoms with Crippen LogP contribution in [0, 0.1) is 18.8 Å². The maximum atomic E-state index is 6.40. The maximum absolute atomic E-state index is 6.40. The molecular weight excluding hydrogens is 728 g/mol. The smallest absolute Gasteiger partial charge is 0.135 e. The van der Waals surface area contributed by atoms with E-state index in [-0.39, 0.29) is 21.1 Å². The number of ether oxygens (including phenoxy) is 1. The number of rotatable bonds is 4. The molecule has 44 heavy (non-hydrogen) atoms. The van der Waals surface area contributed by atoms with E-state index < -0.39 is 0 Å². The molecule has 9 rings (SSSR count). The third-order valence-electron chi connectivity index (χ3n) is 7.79. The molecule has 0 radical (unpaired) electrons. The number of fused-ring (bicyclic) bond motifs is 8. The van der Waals surface area contributed by atoms with Gasteiger partial charge in [0, 0.05) is 62.0 Å². The van der Waals surface area contributed by atoms with Crippen LogP contribution in [-0.2, 0) is 21.1 Å². The minimum absolute atomic E-state index is 0. The van der Waals surface area contributed by atoms with Crippen LogP contribution in [0.5, 0.6) is 11.5 Å². The minimum atomic E-state index is 0. The van der Waals surface area contributed by atoms with Gasteiger partial charge in [0.25, 0.3) is 0 Å². The van der Waals surface area contributed by atoms with E-state index in [1.807, 2.05) is 85.1 Å². The van der Waals surface area contributed by atoms with Crippen LogP contribution in [0.4, 0.5) is 11.4 Å². The molecule has 0 unspecified atom stereocenters. The van der Waals surface area contributed by atoms with Crippen molar-refractivity contribution in [3.63, 3.8) is 0 Å². The van der Waals surface area contributed by atoms with Crippen molar-refractivity contribution in [3.05, 3.63) is 141 Å². The Morgan fingerprint density at radius 3 is 2.50 bits per heavy atom. The molecule has 1 aliphatic heterocycles. The van der Waals surface area contributed by atoms with Crippen LogP contribution in [0.1, 0.15) is 0 Å². The third-order valence-corrected chi connectivity index (χ3v) is 7.79. The van der Waals surface area contributed by atoms with Crippen molar-refractivity contribution in [2.45, 2.75) is 0 Å². The molecule has 214 valence electrons. The third kappa shape index (κ3) is 4.08. The zero-order valence-electron chi connectivity index (χ0n) is 23.0. The molecule has 1 aliphatic rings. The molecular formula is C36H21N6OPt-3. The molecule has 0 aliphatic carbocycles. The van der Waals surface area contributed by atoms with Gasteiger partial charge in [0.2, 0.25) is 0 Å². The summed E-state index contributed by atoms with van der Waals surface area (Å²) in [7, 11) is 0. The summed E-state index contributed by atoms with van der Waals surface area (Å²) in [6.45, 7) is 2.07. The van der Waals surface area contributed by atoms with Gasteiger partial charge < -0.3 is 23.8 Å². The van der Waals surface area contributed by atoms with Crippen LogP contribution in [0.2, 0.25) is 0 Å². The fraction of sp³-hybridized carbons (Fsp3) is 0. The van der Waals surface area contributed by atoms with Crippen LogP contribution < -0.4 is 9.64 Å². The fourth-order valence-corrected chi connectivity index (χ4v) is 5.90. The molecule has 0 atom stereocenters. The number of hydrogen-bond donors (Lipinski definition) is 0. The summed E-state index contributed by atoms with van der Waals surface area (Å²) in [6, 6.07) is 41.3. The summed E-state index contributed by atoms with van der Waals surface area (Å²) < 4.78 is 10.6. The van der Waals surface area contributed by atoms with Gasteiger partial charge >= 0.3 is 0 Å². The van der Waals surface area contributed by atoms with E-state index in [1.165, 1.54) is 0 Å². The van der Waals surface area contributed by atoms with E-state index >= 15 is 0 Å². The van der Waals surface area contributed by atoms with Crippen LogP contribution >= 0.6 is 0 Å². The van der Waals surface area contributed by atoms with E-state index in [1.54, 1.807) is 12.4 Å². The summed E-state index contributed by atoms with van der Waals surface area (Å²) in [5.74, 6) is 2.88. The SMILES string of the molecule is [Pt].[c-]1c(Oc2[c-]c3c(cc2)c2ccncc2n3-c2ccccn2)cccc1N1[CH-]n2c(nc3ccccc32)-c2ccccc21. The van der Waals surface area contributed by atoms with Gasteiger partial charge in [0.05, 0.1) is 11.7 Å². The molecule has 7 nitrogen and oxygen atoms in total. The number of aromatic nitrogens is 5. The zero-order valence-corrected chi connectivity index (χ0v) is 25.3. The van der Waals surface area contributed by atoms with Crippen molar-refractivity contribution in [1.29, 1.82) is 0 Å². The average molecular weight is 749 g/mol. The number of anilines is 2. The van der Waals surface area contributed by atoms with E-state index in [0.29, 0.717) is 11.5 Å². The van der Waals surface area contributed by atoms with Gasteiger partial charge in [-0.25, -0.2) is 4.98 Å². The molecule has 0 saturated heterocycles. The van der Waals surface area contributed by atoms with E-state index in [0.717, 1.165) is 61.4 Å². The first kappa shape index (κ1) is 26.3. The zero-order chi connectivity index (χ0) is 28.3. The molecule has 0 N–H and O–H groups in total. The maximum Gasteiger partial charge on any atom is 0.135 e. The van der Waals surface area contributed by atoms with Gasteiger partial charge in [0.15, 0.2) is 0 Å². The first-order valence-electron chi connectivity index (χ1n) is 13.9. The average Bonchev–Trinajstić information content (AvgIpc) is 3.60. The number of imidazole rings is 1. The Morgan fingerprint density at radius 2 is 1.57 bits per heavy atom. The number of pyridine rings is 2. The Morgan fingerprint density at radius 1 is 0.705 bits per heavy atom. The quantitative estimate of drug-likeness (QED) is 0.170. The standard InChI is InChI=1S/C36H21N6O.Pt/c1-3-12-31-29(10-1)36-39-30-11-2-4-13-32(30)41(36)23-40(31)24-8-7-9-25(20-24)43-26-15-16-27-28-17-19-37-22-34(28)42(33(27)21-26)35-14-5-6-18-38-35;/h1-19,22-23H;/q-3;. The Bertz CT molecular complexity index is 2330. The van der Waals surface area contributed by atoms with E-state index in [9.17, 15) is 0 Å². The number of para-hydroxylation sites is 3. The fourth-order valence-electron chi connectivity index (χ4n) is 5.90. The monoisotopic (exact) mass is 748 g/mol. The number of hydrogen-bond acceptors (Lipinski definition) is 5. The van der Waals surface area contributed by atoms with Crippen molar-refractivity contribution in [2.24, 2.45) is 0 Å². The second kappa shape index (κ2) is 10.4. The van der Waals surface area contributed by atoms with E-state index in [2.05, 4.69) is 67.1 Å². The molecule has 8 heteroatoms. The Labute approximate surface area is 267 Å². The van der Waals surface area contributed by atoms with Crippen LogP contribution in [0.25, 0.3) is 50.0 Å². The molecule has 0 amide bonds.